The molecule has 0 aliphatic carbocycles. The van der Waals surface area contributed by atoms with Gasteiger partial charge >= 0.3 is 0 Å². The highest BCUT2D eigenvalue weighted by atomic mass is 35.5. The Hall–Kier alpha value is -1.46. The molecule has 118 valence electrons. The summed E-state index contributed by atoms with van der Waals surface area (Å²) in [6.45, 7) is 1.72. The number of nitrogens with one attached hydrogen (secondary N) is 2. The first-order valence-corrected chi connectivity index (χ1v) is 6.94. The van der Waals surface area contributed by atoms with E-state index in [2.05, 4.69) is 10.6 Å². The van der Waals surface area contributed by atoms with E-state index in [-0.39, 0.29) is 24.7 Å². The fourth-order valence-corrected chi connectivity index (χ4v) is 2.49. The maximum atomic E-state index is 12.1. The molecular weight excluding hydrogens is 292 g/mol. The van der Waals surface area contributed by atoms with E-state index in [4.69, 9.17) is 9.47 Å². The summed E-state index contributed by atoms with van der Waals surface area (Å²) < 4.78 is 10.6. The van der Waals surface area contributed by atoms with E-state index < -0.39 is 0 Å². The van der Waals surface area contributed by atoms with E-state index in [0.29, 0.717) is 24.1 Å². The molecule has 1 saturated heterocycles. The van der Waals surface area contributed by atoms with Crippen molar-refractivity contribution in [3.8, 4) is 11.5 Å². The highest BCUT2D eigenvalue weighted by Crippen LogP contribution is 2.28. The van der Waals surface area contributed by atoms with Gasteiger partial charge in [0.25, 0.3) is 0 Å². The van der Waals surface area contributed by atoms with E-state index in [1.54, 1.807) is 14.2 Å². The molecule has 0 spiro atoms. The van der Waals surface area contributed by atoms with Crippen LogP contribution in [-0.2, 0) is 11.2 Å². The monoisotopic (exact) mass is 314 g/mol. The Balaban J connectivity index is 0.00000220. The Morgan fingerprint density at radius 1 is 1.33 bits per heavy atom. The van der Waals surface area contributed by atoms with E-state index in [1.165, 1.54) is 6.42 Å². The predicted octanol–water partition coefficient (Wildman–Crippen LogP) is 1.54. The Morgan fingerprint density at radius 2 is 2.00 bits per heavy atom. The standard InChI is InChI=1S/C15H22N2O3.ClH/c1-19-13-6-3-7-14(20-2)12(13)9-15(18)17-10-11-5-4-8-16-11;/h3,6-7,11,16H,4-5,8-10H2,1-2H3,(H,17,18);1H. The Bertz CT molecular complexity index is 440. The summed E-state index contributed by atoms with van der Waals surface area (Å²) in [6.07, 6.45) is 2.57. The molecule has 0 radical (unpaired) electrons. The molecule has 1 amide bonds. The Kier molecular flexibility index (Phi) is 7.32. The van der Waals surface area contributed by atoms with Gasteiger partial charge in [-0.1, -0.05) is 6.07 Å². The lowest BCUT2D eigenvalue weighted by Crippen LogP contribution is -2.37. The van der Waals surface area contributed by atoms with Crippen LogP contribution in [0.4, 0.5) is 0 Å². The number of hydrogen-bond acceptors (Lipinski definition) is 4. The first kappa shape index (κ1) is 17.6. The van der Waals surface area contributed by atoms with Crippen LogP contribution in [0.5, 0.6) is 11.5 Å². The summed E-state index contributed by atoms with van der Waals surface area (Å²) in [4.78, 5) is 12.1. The van der Waals surface area contributed by atoms with Gasteiger partial charge in [0.2, 0.25) is 5.91 Å². The molecule has 1 fully saturated rings. The molecule has 21 heavy (non-hydrogen) atoms. The molecule has 1 atom stereocenters. The summed E-state index contributed by atoms with van der Waals surface area (Å²) in [5, 5.41) is 6.32. The molecule has 2 rings (SSSR count). The molecular formula is C15H23ClN2O3. The first-order chi connectivity index (χ1) is 9.74. The highest BCUT2D eigenvalue weighted by molar-refractivity contribution is 5.85. The van der Waals surface area contributed by atoms with Gasteiger partial charge in [-0.2, -0.15) is 0 Å². The molecule has 1 heterocycles. The first-order valence-electron chi connectivity index (χ1n) is 6.94. The average molecular weight is 315 g/mol. The number of carbonyl (C=O) groups excluding carboxylic acids is 1. The van der Waals surface area contributed by atoms with Crippen molar-refractivity contribution in [3.63, 3.8) is 0 Å². The van der Waals surface area contributed by atoms with Gasteiger partial charge in [-0.25, -0.2) is 0 Å². The zero-order valence-corrected chi connectivity index (χ0v) is 13.3. The van der Waals surface area contributed by atoms with Gasteiger partial charge in [-0.3, -0.25) is 4.79 Å². The van der Waals surface area contributed by atoms with Gasteiger partial charge in [0.15, 0.2) is 0 Å². The van der Waals surface area contributed by atoms with Crippen LogP contribution in [0.15, 0.2) is 18.2 Å². The fraction of sp³-hybridized carbons (Fsp3) is 0.533. The number of methoxy groups -OCH3 is 2. The van der Waals surface area contributed by atoms with Crippen molar-refractivity contribution in [2.24, 2.45) is 0 Å². The number of hydrogen-bond donors (Lipinski definition) is 2. The molecule has 6 heteroatoms. The number of halogens is 1. The third kappa shape index (κ3) is 4.79. The van der Waals surface area contributed by atoms with Crippen LogP contribution in [-0.4, -0.2) is 39.3 Å². The summed E-state index contributed by atoms with van der Waals surface area (Å²) in [7, 11) is 3.19. The topological polar surface area (TPSA) is 59.6 Å². The van der Waals surface area contributed by atoms with Gasteiger partial charge in [0.1, 0.15) is 11.5 Å². The van der Waals surface area contributed by atoms with Crippen molar-refractivity contribution in [1.29, 1.82) is 0 Å². The summed E-state index contributed by atoms with van der Waals surface area (Å²) in [6, 6.07) is 5.92. The zero-order valence-electron chi connectivity index (χ0n) is 12.5. The third-order valence-electron chi connectivity index (χ3n) is 3.58. The fourth-order valence-electron chi connectivity index (χ4n) is 2.49. The second kappa shape index (κ2) is 8.74. The van der Waals surface area contributed by atoms with Crippen molar-refractivity contribution in [2.45, 2.75) is 25.3 Å². The molecule has 1 unspecified atom stereocenters. The van der Waals surface area contributed by atoms with Crippen molar-refractivity contribution in [3.05, 3.63) is 23.8 Å². The van der Waals surface area contributed by atoms with Gasteiger partial charge in [-0.15, -0.1) is 12.4 Å². The number of carbonyl (C=O) groups is 1. The zero-order chi connectivity index (χ0) is 14.4. The lowest BCUT2D eigenvalue weighted by Gasteiger charge is -2.14. The van der Waals surface area contributed by atoms with Crippen LogP contribution < -0.4 is 20.1 Å². The SMILES string of the molecule is COc1cccc(OC)c1CC(=O)NCC1CCCN1.Cl. The summed E-state index contributed by atoms with van der Waals surface area (Å²) >= 11 is 0. The van der Waals surface area contributed by atoms with Crippen LogP contribution in [0, 0.1) is 0 Å². The molecule has 5 nitrogen and oxygen atoms in total. The lowest BCUT2D eigenvalue weighted by atomic mass is 10.1. The number of ether oxygens (including phenoxy) is 2. The van der Waals surface area contributed by atoms with Crippen LogP contribution in [0.3, 0.4) is 0 Å². The second-order valence-electron chi connectivity index (χ2n) is 4.92. The smallest absolute Gasteiger partial charge is 0.224 e. The van der Waals surface area contributed by atoms with Gasteiger partial charge < -0.3 is 20.1 Å². The van der Waals surface area contributed by atoms with Crippen LogP contribution >= 0.6 is 12.4 Å². The van der Waals surface area contributed by atoms with E-state index in [1.807, 2.05) is 18.2 Å². The Morgan fingerprint density at radius 3 is 2.52 bits per heavy atom. The van der Waals surface area contributed by atoms with Crippen molar-refractivity contribution in [1.82, 2.24) is 10.6 Å². The molecule has 0 aromatic heterocycles. The van der Waals surface area contributed by atoms with Crippen molar-refractivity contribution < 1.29 is 14.3 Å². The predicted molar refractivity (Wildman–Crippen MR) is 84.5 cm³/mol. The maximum Gasteiger partial charge on any atom is 0.224 e. The molecule has 1 aliphatic heterocycles. The van der Waals surface area contributed by atoms with Crippen molar-refractivity contribution >= 4 is 18.3 Å². The summed E-state index contributed by atoms with van der Waals surface area (Å²) in [5.41, 5.74) is 0.786. The van der Waals surface area contributed by atoms with Crippen LogP contribution in [0.2, 0.25) is 0 Å². The van der Waals surface area contributed by atoms with E-state index >= 15 is 0 Å². The average Bonchev–Trinajstić information content (AvgIpc) is 2.98. The highest BCUT2D eigenvalue weighted by Gasteiger charge is 2.17. The van der Waals surface area contributed by atoms with E-state index in [0.717, 1.165) is 18.5 Å². The largest absolute Gasteiger partial charge is 0.496 e. The van der Waals surface area contributed by atoms with E-state index in [9.17, 15) is 4.79 Å². The second-order valence-corrected chi connectivity index (χ2v) is 4.92. The van der Waals surface area contributed by atoms with Crippen molar-refractivity contribution in [2.75, 3.05) is 27.3 Å². The number of benzene rings is 1. The van der Waals surface area contributed by atoms with Gasteiger partial charge in [0.05, 0.1) is 20.6 Å². The van der Waals surface area contributed by atoms with Crippen LogP contribution in [0.1, 0.15) is 18.4 Å². The van der Waals surface area contributed by atoms with Crippen LogP contribution in [0.25, 0.3) is 0 Å². The number of rotatable bonds is 6. The molecule has 1 aromatic rings. The number of amides is 1. The quantitative estimate of drug-likeness (QED) is 0.836. The molecule has 2 N–H and O–H groups in total. The van der Waals surface area contributed by atoms with Gasteiger partial charge in [0, 0.05) is 18.2 Å². The molecule has 0 bridgehead atoms. The summed E-state index contributed by atoms with van der Waals surface area (Å²) in [5.74, 6) is 1.35. The molecule has 1 aromatic carbocycles. The minimum absolute atomic E-state index is 0. The minimum atomic E-state index is -0.0125. The Labute approximate surface area is 131 Å². The molecule has 0 saturated carbocycles. The normalized spacial score (nSPS) is 17.0. The lowest BCUT2D eigenvalue weighted by molar-refractivity contribution is -0.120. The molecule has 1 aliphatic rings. The van der Waals surface area contributed by atoms with Gasteiger partial charge in [-0.05, 0) is 31.5 Å². The minimum Gasteiger partial charge on any atom is -0.496 e. The maximum absolute atomic E-state index is 12.1. The third-order valence-corrected chi connectivity index (χ3v) is 3.58.